The Morgan fingerprint density at radius 1 is 0.368 bits per heavy atom. The summed E-state index contributed by atoms with van der Waals surface area (Å²) in [5.74, 6) is 0.667. The normalized spacial score (nSPS) is 13.3. The van der Waals surface area contributed by atoms with Gasteiger partial charge in [-0.3, -0.25) is 0 Å². The lowest BCUT2D eigenvalue weighted by molar-refractivity contribution is -0.0760. The van der Waals surface area contributed by atoms with E-state index in [1.165, 1.54) is 0 Å². The van der Waals surface area contributed by atoms with Gasteiger partial charge in [0.1, 0.15) is 11.9 Å². The lowest BCUT2D eigenvalue weighted by atomic mass is 9.66. The van der Waals surface area contributed by atoms with E-state index in [1.54, 1.807) is 0 Å². The minimum absolute atomic E-state index is 0.516. The van der Waals surface area contributed by atoms with Crippen LogP contribution in [-0.4, -0.2) is 35.1 Å². The molecular weight excluding hydrogens is 701 g/mol. The van der Waals surface area contributed by atoms with Crippen LogP contribution in [0, 0.1) is 5.41 Å². The summed E-state index contributed by atoms with van der Waals surface area (Å²) < 4.78 is 7.78. The first-order valence-electron chi connectivity index (χ1n) is 20.2. The van der Waals surface area contributed by atoms with Gasteiger partial charge in [-0.25, -0.2) is 0 Å². The fraction of sp³-hybridized carbons (Fsp3) is 0.321. The van der Waals surface area contributed by atoms with E-state index in [-0.39, 0.29) is 0 Å². The van der Waals surface area contributed by atoms with E-state index < -0.39 is 53.0 Å². The van der Waals surface area contributed by atoms with Crippen molar-refractivity contribution in [2.75, 3.05) is 19.8 Å². The first-order valence-corrected chi connectivity index (χ1v) is 20.2. The number of ether oxygens (including phenoxy) is 1. The lowest BCUT2D eigenvalue weighted by Gasteiger charge is -2.44. The molecule has 0 saturated heterocycles. The average Bonchev–Trinajstić information content (AvgIpc) is 3.25. The molecule has 0 amide bonds. The number of rotatable bonds is 15. The number of hydrogen-bond acceptors (Lipinski definition) is 4. The number of hydrogen-bond donors (Lipinski definition) is 3. The smallest absolute Gasteiger partial charge is 0.137 e. The maximum Gasteiger partial charge on any atom is 0.137 e. The van der Waals surface area contributed by atoms with Gasteiger partial charge in [-0.05, 0) is 33.4 Å². The summed E-state index contributed by atoms with van der Waals surface area (Å²) in [7, 11) is 0. The third kappa shape index (κ3) is 7.71. The molecule has 6 rings (SSSR count). The first kappa shape index (κ1) is 41.6. The van der Waals surface area contributed by atoms with Crippen LogP contribution in [0.2, 0.25) is 0 Å². The van der Waals surface area contributed by atoms with E-state index in [9.17, 15) is 15.3 Å². The Kier molecular flexibility index (Phi) is 12.0. The summed E-state index contributed by atoms with van der Waals surface area (Å²) in [6, 6.07) is 54.5. The van der Waals surface area contributed by atoms with Gasteiger partial charge in [0.15, 0.2) is 0 Å². The summed E-state index contributed by atoms with van der Waals surface area (Å²) in [5, 5.41) is 34.6. The molecule has 6 aromatic rings. The van der Waals surface area contributed by atoms with Crippen molar-refractivity contribution in [3.8, 4) is 5.75 Å². The number of para-hydroxylation sites is 1. The zero-order valence-corrected chi connectivity index (χ0v) is 35.0. The van der Waals surface area contributed by atoms with Crippen LogP contribution in [0.1, 0.15) is 112 Å². The maximum atomic E-state index is 11.5. The third-order valence-corrected chi connectivity index (χ3v) is 12.8. The van der Waals surface area contributed by atoms with E-state index >= 15 is 0 Å². The molecule has 296 valence electrons. The van der Waals surface area contributed by atoms with Gasteiger partial charge < -0.3 is 20.1 Å². The highest BCUT2D eigenvalue weighted by molar-refractivity contribution is 5.57. The minimum atomic E-state index is -1.50. The largest absolute Gasteiger partial charge is 0.484 e. The molecule has 0 aromatic heterocycles. The third-order valence-electron chi connectivity index (χ3n) is 12.8. The summed E-state index contributed by atoms with van der Waals surface area (Å²) in [4.78, 5) is 0. The Morgan fingerprint density at radius 3 is 0.912 bits per heavy atom. The fourth-order valence-corrected chi connectivity index (χ4v) is 8.63. The molecule has 6 aromatic carbocycles. The fourth-order valence-electron chi connectivity index (χ4n) is 8.63. The molecule has 1 atom stereocenters. The molecular formula is C53H60O4. The highest BCUT2D eigenvalue weighted by Crippen LogP contribution is 2.52. The van der Waals surface area contributed by atoms with Crippen molar-refractivity contribution in [1.82, 2.24) is 0 Å². The van der Waals surface area contributed by atoms with Crippen LogP contribution < -0.4 is 4.74 Å². The van der Waals surface area contributed by atoms with Crippen molar-refractivity contribution in [3.05, 3.63) is 208 Å². The van der Waals surface area contributed by atoms with Crippen molar-refractivity contribution in [2.24, 2.45) is 5.41 Å². The summed E-state index contributed by atoms with van der Waals surface area (Å²) in [6.07, 6.45) is -1.01. The number of benzene rings is 6. The van der Waals surface area contributed by atoms with Crippen LogP contribution >= 0.6 is 0 Å². The van der Waals surface area contributed by atoms with Crippen molar-refractivity contribution in [3.63, 3.8) is 0 Å². The monoisotopic (exact) mass is 760 g/mol. The van der Waals surface area contributed by atoms with Crippen molar-refractivity contribution in [1.29, 1.82) is 0 Å². The van der Waals surface area contributed by atoms with Crippen molar-refractivity contribution >= 4 is 0 Å². The highest BCUT2D eigenvalue weighted by Gasteiger charge is 2.47. The zero-order chi connectivity index (χ0) is 41.1. The average molecular weight is 761 g/mol. The van der Waals surface area contributed by atoms with Crippen LogP contribution in [-0.2, 0) is 21.7 Å². The second-order valence-corrected chi connectivity index (χ2v) is 17.7. The number of aliphatic hydroxyl groups is 3. The Morgan fingerprint density at radius 2 is 0.632 bits per heavy atom. The van der Waals surface area contributed by atoms with Crippen LogP contribution in [0.15, 0.2) is 158 Å². The molecule has 57 heavy (non-hydrogen) atoms. The van der Waals surface area contributed by atoms with Crippen LogP contribution in [0.4, 0.5) is 0 Å². The molecule has 1 unspecified atom stereocenters. The van der Waals surface area contributed by atoms with E-state index in [0.29, 0.717) is 5.75 Å². The van der Waals surface area contributed by atoms with Crippen molar-refractivity contribution < 1.29 is 20.1 Å². The Hall–Kier alpha value is -5.00. The molecule has 4 nitrogen and oxygen atoms in total. The molecule has 0 aliphatic rings. The van der Waals surface area contributed by atoms with E-state index in [2.05, 4.69) is 189 Å². The minimum Gasteiger partial charge on any atom is -0.484 e. The first-order chi connectivity index (χ1) is 27.2. The predicted octanol–water partition coefficient (Wildman–Crippen LogP) is 11.1. The predicted molar refractivity (Wildman–Crippen MR) is 234 cm³/mol. The molecule has 3 N–H and O–H groups in total. The van der Waals surface area contributed by atoms with Gasteiger partial charge >= 0.3 is 0 Å². The lowest BCUT2D eigenvalue weighted by Crippen LogP contribution is -2.45. The molecule has 0 aliphatic heterocycles. The van der Waals surface area contributed by atoms with Gasteiger partial charge in [-0.15, -0.1) is 0 Å². The second-order valence-electron chi connectivity index (χ2n) is 17.7. The van der Waals surface area contributed by atoms with Gasteiger partial charge in [-0.1, -0.05) is 213 Å². The van der Waals surface area contributed by atoms with Gasteiger partial charge in [0.25, 0.3) is 0 Å². The van der Waals surface area contributed by atoms with Gasteiger partial charge in [0.05, 0.1) is 25.2 Å². The number of aliphatic hydroxyl groups excluding tert-OH is 3. The van der Waals surface area contributed by atoms with Gasteiger partial charge in [0, 0.05) is 38.4 Å². The Balaban J connectivity index is 1.75. The highest BCUT2D eigenvalue weighted by atomic mass is 16.5. The molecule has 4 heteroatoms. The van der Waals surface area contributed by atoms with Crippen LogP contribution in [0.5, 0.6) is 5.75 Å². The second kappa shape index (κ2) is 16.5. The zero-order valence-electron chi connectivity index (χ0n) is 35.0. The van der Waals surface area contributed by atoms with Gasteiger partial charge in [0.2, 0.25) is 0 Å². The topological polar surface area (TPSA) is 69.9 Å². The molecule has 0 saturated carbocycles. The van der Waals surface area contributed by atoms with Crippen LogP contribution in [0.3, 0.4) is 0 Å². The molecule has 0 aliphatic carbocycles. The molecule has 0 fully saturated rings. The molecule has 0 spiro atoms. The van der Waals surface area contributed by atoms with E-state index in [1.807, 2.05) is 24.3 Å². The Bertz CT molecular complexity index is 2070. The summed E-state index contributed by atoms with van der Waals surface area (Å²) in [5.41, 5.74) is 5.55. The summed E-state index contributed by atoms with van der Waals surface area (Å²) >= 11 is 0. The SMILES string of the molecule is CC(C)(c1ccccc1)c1cccc(C(C)(C)c2ccccc2)c1OC(c1c(C(C)(C)c2ccccc2)cccc1C(C)(C)c1ccccc1)C(CO)(CO)CO. The van der Waals surface area contributed by atoms with E-state index in [0.717, 1.165) is 50.1 Å². The molecule has 0 bridgehead atoms. The Labute approximate surface area is 340 Å². The summed E-state index contributed by atoms with van der Waals surface area (Å²) in [6.45, 7) is 16.2. The van der Waals surface area contributed by atoms with Gasteiger partial charge in [-0.2, -0.15) is 0 Å². The quantitative estimate of drug-likeness (QED) is 0.0975. The van der Waals surface area contributed by atoms with Crippen molar-refractivity contribution in [2.45, 2.75) is 83.2 Å². The molecule has 0 heterocycles. The van der Waals surface area contributed by atoms with Crippen LogP contribution in [0.25, 0.3) is 0 Å². The maximum absolute atomic E-state index is 11.5. The molecule has 0 radical (unpaired) electrons. The standard InChI is InChI=1S/C53H60O4/c1-49(2,38-23-13-9-14-24-38)42-31-21-32-43(50(3,4)39-25-15-10-16-26-39)46(42)48(53(35-54,36-55)37-56)57-47-44(51(5,6)40-27-17-11-18-28-40)33-22-34-45(47)52(7,8)41-29-19-12-20-30-41/h9-34,48,54-56H,35-37H2,1-8H3. The van der Waals surface area contributed by atoms with E-state index in [4.69, 9.17) is 4.74 Å².